The predicted octanol–water partition coefficient (Wildman–Crippen LogP) is 2.42. The minimum atomic E-state index is 0.172. The number of ether oxygens (including phenoxy) is 1. The Morgan fingerprint density at radius 2 is 1.94 bits per heavy atom. The smallest absolute Gasteiger partial charge is 0.118 e. The number of hydrogen-bond donors (Lipinski definition) is 2. The molecule has 0 aromatic heterocycles. The van der Waals surface area contributed by atoms with Crippen LogP contribution >= 0.6 is 0 Å². The quantitative estimate of drug-likeness (QED) is 0.695. The van der Waals surface area contributed by atoms with Crippen molar-refractivity contribution in [3.63, 3.8) is 0 Å². The second-order valence-corrected chi connectivity index (χ2v) is 3.78. The van der Waals surface area contributed by atoms with Gasteiger partial charge in [0.25, 0.3) is 0 Å². The van der Waals surface area contributed by atoms with Crippen LogP contribution in [0.1, 0.15) is 24.8 Å². The normalized spacial score (nSPS) is 10.1. The Bertz CT molecular complexity index is 319. The Balaban J connectivity index is 2.33. The second kappa shape index (κ2) is 7.01. The van der Waals surface area contributed by atoms with Crippen LogP contribution in [0.15, 0.2) is 24.3 Å². The number of benzene rings is 1. The van der Waals surface area contributed by atoms with Gasteiger partial charge in [-0.15, -0.1) is 0 Å². The molecule has 2 N–H and O–H groups in total. The van der Waals surface area contributed by atoms with Gasteiger partial charge in [0.05, 0.1) is 7.11 Å². The molecular weight excluding hydrogens is 202 g/mol. The van der Waals surface area contributed by atoms with Gasteiger partial charge < -0.3 is 15.3 Å². The van der Waals surface area contributed by atoms with Gasteiger partial charge in [-0.25, -0.2) is 0 Å². The fourth-order valence-corrected chi connectivity index (χ4v) is 1.50. The number of hydrogen-bond acceptors (Lipinski definition) is 3. The molecule has 0 spiro atoms. The Hall–Kier alpha value is -1.35. The third-order valence-electron chi connectivity index (χ3n) is 2.51. The molecule has 1 aromatic carbocycles. The lowest BCUT2D eigenvalue weighted by atomic mass is 10.0. The summed E-state index contributed by atoms with van der Waals surface area (Å²) in [6.07, 6.45) is 3.05. The first kappa shape index (κ1) is 12.7. The highest BCUT2D eigenvalue weighted by Gasteiger charge is 1.99. The Morgan fingerprint density at radius 3 is 2.50 bits per heavy atom. The molecule has 0 amide bonds. The van der Waals surface area contributed by atoms with Crippen molar-refractivity contribution in [3.8, 4) is 5.75 Å². The summed E-state index contributed by atoms with van der Waals surface area (Å²) in [5.41, 5.74) is 1.93. The summed E-state index contributed by atoms with van der Waals surface area (Å²) in [5, 5.41) is 16.3. The lowest BCUT2D eigenvalue weighted by molar-refractivity contribution is 0.291. The number of aliphatic hydroxyl groups is 1. The number of aliphatic hydroxyl groups excluding tert-OH is 1. The molecule has 0 atom stereocenters. The fraction of sp³-hybridized carbons (Fsp3) is 0.462. The first-order valence-electron chi connectivity index (χ1n) is 5.56. The number of nitrogens with one attached hydrogen (secondary N) is 1. The molecule has 0 radical (unpaired) electrons. The van der Waals surface area contributed by atoms with E-state index in [0.29, 0.717) is 18.6 Å². The summed E-state index contributed by atoms with van der Waals surface area (Å²) in [4.78, 5) is 0. The lowest BCUT2D eigenvalue weighted by Gasteiger charge is -2.04. The zero-order valence-electron chi connectivity index (χ0n) is 9.70. The van der Waals surface area contributed by atoms with Crippen LogP contribution in [0.4, 0.5) is 0 Å². The van der Waals surface area contributed by atoms with E-state index in [9.17, 15) is 0 Å². The van der Waals surface area contributed by atoms with Crippen LogP contribution in [0.3, 0.4) is 0 Å². The topological polar surface area (TPSA) is 53.3 Å². The summed E-state index contributed by atoms with van der Waals surface area (Å²) >= 11 is 0. The molecule has 88 valence electrons. The van der Waals surface area contributed by atoms with Gasteiger partial charge in [0.1, 0.15) is 5.75 Å². The Labute approximate surface area is 96.6 Å². The van der Waals surface area contributed by atoms with Crippen molar-refractivity contribution in [1.29, 1.82) is 5.41 Å². The zero-order chi connectivity index (χ0) is 11.8. The highest BCUT2D eigenvalue weighted by atomic mass is 16.5. The third kappa shape index (κ3) is 4.45. The average Bonchev–Trinajstić information content (AvgIpc) is 2.34. The molecule has 0 heterocycles. The monoisotopic (exact) mass is 221 g/mol. The predicted molar refractivity (Wildman–Crippen MR) is 65.4 cm³/mol. The largest absolute Gasteiger partial charge is 0.497 e. The van der Waals surface area contributed by atoms with Gasteiger partial charge in [-0.3, -0.25) is 0 Å². The standard InChI is InChI=1S/C13H19NO2/c1-16-13-8-5-11(6-9-13)4-7-12(14)3-2-10-15/h5-6,8-9,14-15H,2-4,7,10H2,1H3. The first-order valence-corrected chi connectivity index (χ1v) is 5.56. The molecule has 0 aliphatic rings. The molecule has 0 saturated carbocycles. The maximum absolute atomic E-state index is 8.65. The summed E-state index contributed by atoms with van der Waals surface area (Å²) in [5.74, 6) is 0.860. The van der Waals surface area contributed by atoms with E-state index in [-0.39, 0.29) is 6.61 Å². The van der Waals surface area contributed by atoms with Crippen molar-refractivity contribution in [2.45, 2.75) is 25.7 Å². The van der Waals surface area contributed by atoms with Crippen molar-refractivity contribution < 1.29 is 9.84 Å². The van der Waals surface area contributed by atoms with E-state index >= 15 is 0 Å². The van der Waals surface area contributed by atoms with E-state index in [1.807, 2.05) is 24.3 Å². The molecule has 0 bridgehead atoms. The molecule has 0 aliphatic heterocycles. The highest BCUT2D eigenvalue weighted by molar-refractivity contribution is 5.81. The molecule has 3 heteroatoms. The van der Waals surface area contributed by atoms with Crippen molar-refractivity contribution in [2.75, 3.05) is 13.7 Å². The maximum atomic E-state index is 8.65. The van der Waals surface area contributed by atoms with E-state index in [4.69, 9.17) is 15.3 Å². The molecule has 0 unspecified atom stereocenters. The van der Waals surface area contributed by atoms with E-state index in [0.717, 1.165) is 18.6 Å². The molecule has 0 aliphatic carbocycles. The molecule has 1 rings (SSSR count). The van der Waals surface area contributed by atoms with Crippen LogP contribution < -0.4 is 4.74 Å². The molecule has 0 saturated heterocycles. The van der Waals surface area contributed by atoms with Gasteiger partial charge in [-0.1, -0.05) is 12.1 Å². The van der Waals surface area contributed by atoms with Crippen LogP contribution in [0.2, 0.25) is 0 Å². The fourth-order valence-electron chi connectivity index (χ4n) is 1.50. The van der Waals surface area contributed by atoms with Crippen LogP contribution in [-0.4, -0.2) is 24.5 Å². The van der Waals surface area contributed by atoms with Crippen LogP contribution in [0, 0.1) is 5.41 Å². The van der Waals surface area contributed by atoms with Crippen molar-refractivity contribution in [3.05, 3.63) is 29.8 Å². The summed E-state index contributed by atoms with van der Waals surface area (Å²) in [6.45, 7) is 0.172. The van der Waals surface area contributed by atoms with Gasteiger partial charge >= 0.3 is 0 Å². The summed E-state index contributed by atoms with van der Waals surface area (Å²) in [6, 6.07) is 7.93. The van der Waals surface area contributed by atoms with Crippen LogP contribution in [-0.2, 0) is 6.42 Å². The number of aryl methyl sites for hydroxylation is 1. The zero-order valence-corrected chi connectivity index (χ0v) is 9.70. The van der Waals surface area contributed by atoms with Crippen LogP contribution in [0.25, 0.3) is 0 Å². The van der Waals surface area contributed by atoms with Crippen LogP contribution in [0.5, 0.6) is 5.75 Å². The van der Waals surface area contributed by atoms with Crippen molar-refractivity contribution >= 4 is 5.71 Å². The van der Waals surface area contributed by atoms with Gasteiger partial charge in [-0.05, 0) is 43.4 Å². The van der Waals surface area contributed by atoms with E-state index in [1.54, 1.807) is 7.11 Å². The number of methoxy groups -OCH3 is 1. The molecule has 1 aromatic rings. The minimum absolute atomic E-state index is 0.172. The van der Waals surface area contributed by atoms with E-state index in [2.05, 4.69) is 0 Å². The van der Waals surface area contributed by atoms with Gasteiger partial charge in [0, 0.05) is 12.3 Å². The SMILES string of the molecule is COc1ccc(CCC(=N)CCCO)cc1. The molecule has 16 heavy (non-hydrogen) atoms. The molecule has 3 nitrogen and oxygen atoms in total. The first-order chi connectivity index (χ1) is 7.76. The Morgan fingerprint density at radius 1 is 1.25 bits per heavy atom. The number of rotatable bonds is 7. The molecule has 0 fully saturated rings. The Kier molecular flexibility index (Phi) is 5.57. The highest BCUT2D eigenvalue weighted by Crippen LogP contribution is 2.13. The van der Waals surface area contributed by atoms with E-state index in [1.165, 1.54) is 5.56 Å². The van der Waals surface area contributed by atoms with Gasteiger partial charge in [-0.2, -0.15) is 0 Å². The summed E-state index contributed by atoms with van der Waals surface area (Å²) in [7, 11) is 1.65. The second-order valence-electron chi connectivity index (χ2n) is 3.78. The van der Waals surface area contributed by atoms with Gasteiger partial charge in [0.2, 0.25) is 0 Å². The van der Waals surface area contributed by atoms with E-state index < -0.39 is 0 Å². The van der Waals surface area contributed by atoms with Gasteiger partial charge in [0.15, 0.2) is 0 Å². The average molecular weight is 221 g/mol. The van der Waals surface area contributed by atoms with Crippen molar-refractivity contribution in [1.82, 2.24) is 0 Å². The molecular formula is C13H19NO2. The van der Waals surface area contributed by atoms with Crippen molar-refractivity contribution in [2.24, 2.45) is 0 Å². The minimum Gasteiger partial charge on any atom is -0.497 e. The lowest BCUT2D eigenvalue weighted by Crippen LogP contribution is -2.00. The third-order valence-corrected chi connectivity index (χ3v) is 2.51. The maximum Gasteiger partial charge on any atom is 0.118 e. The summed E-state index contributed by atoms with van der Waals surface area (Å²) < 4.78 is 5.08.